The summed E-state index contributed by atoms with van der Waals surface area (Å²) in [4.78, 5) is 2.16. The lowest BCUT2D eigenvalue weighted by Gasteiger charge is -2.28. The maximum absolute atomic E-state index is 14.1. The van der Waals surface area contributed by atoms with E-state index in [2.05, 4.69) is 9.62 Å². The van der Waals surface area contributed by atoms with Gasteiger partial charge in [0, 0.05) is 12.1 Å². The smallest absolute Gasteiger partial charge is 0.211 e. The zero-order valence-corrected chi connectivity index (χ0v) is 13.2. The first-order valence-electron chi connectivity index (χ1n) is 7.49. The van der Waals surface area contributed by atoms with Gasteiger partial charge >= 0.3 is 0 Å². The highest BCUT2D eigenvalue weighted by molar-refractivity contribution is 7.89. The Morgan fingerprint density at radius 1 is 1.29 bits per heavy atom. The maximum Gasteiger partial charge on any atom is 0.211 e. The number of hydrogen-bond donors (Lipinski definition) is 1. The van der Waals surface area contributed by atoms with E-state index >= 15 is 0 Å². The lowest BCUT2D eigenvalue weighted by atomic mass is 10.1. The van der Waals surface area contributed by atoms with E-state index in [0.29, 0.717) is 12.0 Å². The Balaban J connectivity index is 2.15. The highest BCUT2D eigenvalue weighted by Crippen LogP contribution is 2.26. The molecule has 1 aliphatic rings. The fourth-order valence-corrected chi connectivity index (χ4v) is 3.87. The van der Waals surface area contributed by atoms with Crippen molar-refractivity contribution in [3.05, 3.63) is 35.6 Å². The molecule has 2 rings (SSSR count). The first-order chi connectivity index (χ1) is 10.0. The lowest BCUT2D eigenvalue weighted by Crippen LogP contribution is -2.38. The van der Waals surface area contributed by atoms with Crippen molar-refractivity contribution in [3.63, 3.8) is 0 Å². The predicted molar refractivity (Wildman–Crippen MR) is 82.0 cm³/mol. The van der Waals surface area contributed by atoms with Gasteiger partial charge in [-0.3, -0.25) is 4.90 Å². The van der Waals surface area contributed by atoms with Gasteiger partial charge in [-0.1, -0.05) is 25.1 Å². The molecule has 0 radical (unpaired) electrons. The highest BCUT2D eigenvalue weighted by atomic mass is 32.2. The third-order valence-corrected chi connectivity index (χ3v) is 5.37. The van der Waals surface area contributed by atoms with Crippen LogP contribution in [0.2, 0.25) is 0 Å². The molecule has 1 N–H and O–H groups in total. The van der Waals surface area contributed by atoms with Crippen LogP contribution in [0, 0.1) is 5.82 Å². The second-order valence-corrected chi connectivity index (χ2v) is 7.37. The molecule has 118 valence electrons. The van der Waals surface area contributed by atoms with Crippen LogP contribution in [0.5, 0.6) is 0 Å². The van der Waals surface area contributed by atoms with Gasteiger partial charge in [-0.05, 0) is 38.4 Å². The molecule has 1 aromatic rings. The first kappa shape index (κ1) is 16.4. The van der Waals surface area contributed by atoms with Gasteiger partial charge in [0.25, 0.3) is 0 Å². The molecule has 0 saturated carbocycles. The van der Waals surface area contributed by atoms with Gasteiger partial charge in [-0.2, -0.15) is 0 Å². The zero-order valence-electron chi connectivity index (χ0n) is 12.4. The van der Waals surface area contributed by atoms with Crippen LogP contribution in [-0.2, 0) is 10.0 Å². The van der Waals surface area contributed by atoms with Gasteiger partial charge in [0.1, 0.15) is 5.82 Å². The van der Waals surface area contributed by atoms with E-state index in [4.69, 9.17) is 0 Å². The SMILES string of the molecule is CCCS(=O)(=O)NCC(c1ccccc1F)N1CCCC1. The largest absolute Gasteiger partial charge is 0.295 e. The van der Waals surface area contributed by atoms with Gasteiger partial charge < -0.3 is 0 Å². The van der Waals surface area contributed by atoms with Crippen molar-refractivity contribution in [2.45, 2.75) is 32.2 Å². The number of halogens is 1. The third-order valence-electron chi connectivity index (χ3n) is 3.82. The van der Waals surface area contributed by atoms with Crippen molar-refractivity contribution in [2.75, 3.05) is 25.4 Å². The third kappa shape index (κ3) is 4.49. The molecular weight excluding hydrogens is 291 g/mol. The van der Waals surface area contributed by atoms with Gasteiger partial charge in [0.15, 0.2) is 0 Å². The number of rotatable bonds is 7. The van der Waals surface area contributed by atoms with Crippen LogP contribution >= 0.6 is 0 Å². The van der Waals surface area contributed by atoms with Crippen molar-refractivity contribution in [1.29, 1.82) is 0 Å². The summed E-state index contributed by atoms with van der Waals surface area (Å²) in [7, 11) is -3.28. The summed E-state index contributed by atoms with van der Waals surface area (Å²) in [6.45, 7) is 3.82. The Bertz CT molecular complexity index is 557. The minimum Gasteiger partial charge on any atom is -0.295 e. The Labute approximate surface area is 126 Å². The maximum atomic E-state index is 14.1. The fourth-order valence-electron chi connectivity index (χ4n) is 2.78. The summed E-state index contributed by atoms with van der Waals surface area (Å²) in [5, 5.41) is 0. The Kier molecular flexibility index (Phi) is 5.72. The number of nitrogens with zero attached hydrogens (tertiary/aromatic N) is 1. The normalized spacial score (nSPS) is 18.0. The van der Waals surface area contributed by atoms with E-state index in [-0.39, 0.29) is 24.2 Å². The average Bonchev–Trinajstić information content (AvgIpc) is 2.95. The molecule has 0 amide bonds. The van der Waals surface area contributed by atoms with Gasteiger partial charge in [-0.15, -0.1) is 0 Å². The number of nitrogens with one attached hydrogen (secondary N) is 1. The molecular formula is C15H23FN2O2S. The van der Waals surface area contributed by atoms with E-state index in [1.54, 1.807) is 18.2 Å². The molecule has 6 heteroatoms. The number of likely N-dealkylation sites (tertiary alicyclic amines) is 1. The average molecular weight is 314 g/mol. The number of hydrogen-bond acceptors (Lipinski definition) is 3. The molecule has 1 unspecified atom stereocenters. The molecule has 0 bridgehead atoms. The molecule has 0 aromatic heterocycles. The lowest BCUT2D eigenvalue weighted by molar-refractivity contribution is 0.241. The van der Waals surface area contributed by atoms with E-state index < -0.39 is 10.0 Å². The summed E-state index contributed by atoms with van der Waals surface area (Å²) in [6, 6.07) is 6.38. The second kappa shape index (κ2) is 7.33. The topological polar surface area (TPSA) is 49.4 Å². The summed E-state index contributed by atoms with van der Waals surface area (Å²) in [5.74, 6) is -0.166. The van der Waals surface area contributed by atoms with Crippen molar-refractivity contribution < 1.29 is 12.8 Å². The molecule has 0 aliphatic carbocycles. The van der Waals surface area contributed by atoms with E-state index in [0.717, 1.165) is 25.9 Å². The quantitative estimate of drug-likeness (QED) is 0.840. The summed E-state index contributed by atoms with van der Waals surface area (Å²) >= 11 is 0. The summed E-state index contributed by atoms with van der Waals surface area (Å²) < 4.78 is 40.4. The van der Waals surface area contributed by atoms with Crippen LogP contribution in [-0.4, -0.2) is 38.7 Å². The molecule has 1 saturated heterocycles. The van der Waals surface area contributed by atoms with Crippen LogP contribution in [0.15, 0.2) is 24.3 Å². The van der Waals surface area contributed by atoms with Crippen LogP contribution in [0.4, 0.5) is 4.39 Å². The number of benzene rings is 1. The molecule has 1 fully saturated rings. The summed E-state index contributed by atoms with van der Waals surface area (Å²) in [6.07, 6.45) is 2.72. The van der Waals surface area contributed by atoms with Gasteiger partial charge in [-0.25, -0.2) is 17.5 Å². The first-order valence-corrected chi connectivity index (χ1v) is 9.14. The van der Waals surface area contributed by atoms with Crippen LogP contribution < -0.4 is 4.72 Å². The van der Waals surface area contributed by atoms with Crippen molar-refractivity contribution in [3.8, 4) is 0 Å². The van der Waals surface area contributed by atoms with Crippen LogP contribution in [0.3, 0.4) is 0 Å². The minimum atomic E-state index is -3.28. The fraction of sp³-hybridized carbons (Fsp3) is 0.600. The Morgan fingerprint density at radius 2 is 1.95 bits per heavy atom. The van der Waals surface area contributed by atoms with Crippen LogP contribution in [0.25, 0.3) is 0 Å². The van der Waals surface area contributed by atoms with Crippen molar-refractivity contribution in [2.24, 2.45) is 0 Å². The van der Waals surface area contributed by atoms with Crippen LogP contribution in [0.1, 0.15) is 37.8 Å². The number of sulfonamides is 1. The van der Waals surface area contributed by atoms with E-state index in [1.807, 2.05) is 6.92 Å². The molecule has 4 nitrogen and oxygen atoms in total. The zero-order chi connectivity index (χ0) is 15.3. The molecule has 21 heavy (non-hydrogen) atoms. The molecule has 1 heterocycles. The molecule has 0 spiro atoms. The summed E-state index contributed by atoms with van der Waals surface area (Å²) in [5.41, 5.74) is 0.568. The second-order valence-electron chi connectivity index (χ2n) is 5.45. The minimum absolute atomic E-state index is 0.108. The predicted octanol–water partition coefficient (Wildman–Crippen LogP) is 2.29. The molecule has 1 aliphatic heterocycles. The van der Waals surface area contributed by atoms with E-state index in [1.165, 1.54) is 6.07 Å². The van der Waals surface area contributed by atoms with E-state index in [9.17, 15) is 12.8 Å². The monoisotopic (exact) mass is 314 g/mol. The van der Waals surface area contributed by atoms with Gasteiger partial charge in [0.05, 0.1) is 11.8 Å². The standard InChI is InChI=1S/C15H23FN2O2S/c1-2-11-21(19,20)17-12-15(18-9-5-6-10-18)13-7-3-4-8-14(13)16/h3-4,7-8,15,17H,2,5-6,9-12H2,1H3. The van der Waals surface area contributed by atoms with Crippen molar-refractivity contribution >= 4 is 10.0 Å². The van der Waals surface area contributed by atoms with Gasteiger partial charge in [0.2, 0.25) is 10.0 Å². The molecule has 1 atom stereocenters. The highest BCUT2D eigenvalue weighted by Gasteiger charge is 2.26. The Morgan fingerprint density at radius 3 is 2.57 bits per heavy atom. The van der Waals surface area contributed by atoms with Crippen molar-refractivity contribution in [1.82, 2.24) is 9.62 Å². The Hall–Kier alpha value is -0.980. The molecule has 1 aromatic carbocycles.